The maximum atomic E-state index is 11.8. The predicted molar refractivity (Wildman–Crippen MR) is 80.2 cm³/mol. The van der Waals surface area contributed by atoms with Gasteiger partial charge in [-0.2, -0.15) is 0 Å². The van der Waals surface area contributed by atoms with E-state index in [4.69, 9.17) is 4.42 Å². The minimum absolute atomic E-state index is 0.107. The molecule has 1 heterocycles. The van der Waals surface area contributed by atoms with E-state index in [1.165, 1.54) is 6.07 Å². The van der Waals surface area contributed by atoms with Crippen LogP contribution in [0.25, 0.3) is 0 Å². The zero-order valence-corrected chi connectivity index (χ0v) is 13.0. The first-order chi connectivity index (χ1) is 8.97. The highest BCUT2D eigenvalue weighted by Crippen LogP contribution is 2.23. The molecule has 0 fully saturated rings. The van der Waals surface area contributed by atoms with E-state index in [2.05, 4.69) is 43.8 Å². The van der Waals surface area contributed by atoms with E-state index < -0.39 is 16.7 Å². The zero-order chi connectivity index (χ0) is 14.0. The van der Waals surface area contributed by atoms with Crippen LogP contribution in [0.2, 0.25) is 0 Å². The Morgan fingerprint density at radius 2 is 2.11 bits per heavy atom. The number of amides is 1. The van der Waals surface area contributed by atoms with Crippen molar-refractivity contribution >= 4 is 56.0 Å². The minimum atomic E-state index is -0.695. The van der Waals surface area contributed by atoms with E-state index >= 15 is 0 Å². The van der Waals surface area contributed by atoms with Crippen LogP contribution in [-0.2, 0) is 0 Å². The van der Waals surface area contributed by atoms with Gasteiger partial charge in [0.2, 0.25) is 0 Å². The van der Waals surface area contributed by atoms with Gasteiger partial charge in [-0.15, -0.1) is 0 Å². The Hall–Kier alpha value is -1.42. The number of nitro groups is 1. The summed E-state index contributed by atoms with van der Waals surface area (Å²) < 4.78 is 6.66. The standard InChI is InChI=1S/C11H6BrIN2O4/c12-7-2-1-6(5-8(7)13)14-11(16)9-3-4-10(19-9)15(17)18/h1-5H,(H,14,16). The van der Waals surface area contributed by atoms with Crippen molar-refractivity contribution in [2.75, 3.05) is 5.32 Å². The average molecular weight is 437 g/mol. The van der Waals surface area contributed by atoms with Crippen LogP contribution in [0.4, 0.5) is 11.6 Å². The number of nitrogens with one attached hydrogen (secondary N) is 1. The second kappa shape index (κ2) is 5.70. The molecule has 2 aromatic rings. The molecule has 0 aliphatic carbocycles. The minimum Gasteiger partial charge on any atom is -0.395 e. The molecule has 0 aliphatic rings. The van der Waals surface area contributed by atoms with Crippen molar-refractivity contribution in [3.05, 3.63) is 54.2 Å². The molecule has 0 radical (unpaired) electrons. The Balaban J connectivity index is 2.15. The van der Waals surface area contributed by atoms with Crippen molar-refractivity contribution in [3.63, 3.8) is 0 Å². The Morgan fingerprint density at radius 1 is 1.37 bits per heavy atom. The number of hydrogen-bond donors (Lipinski definition) is 1. The fourth-order valence-electron chi connectivity index (χ4n) is 1.31. The highest BCUT2D eigenvalue weighted by molar-refractivity contribution is 14.1. The maximum absolute atomic E-state index is 11.8. The van der Waals surface area contributed by atoms with Crippen LogP contribution in [-0.4, -0.2) is 10.8 Å². The summed E-state index contributed by atoms with van der Waals surface area (Å²) in [6.45, 7) is 0. The molecule has 1 N–H and O–H groups in total. The number of hydrogen-bond acceptors (Lipinski definition) is 4. The summed E-state index contributed by atoms with van der Waals surface area (Å²) in [4.78, 5) is 21.6. The van der Waals surface area contributed by atoms with E-state index in [0.717, 1.165) is 14.1 Å². The number of furan rings is 1. The second-order valence-corrected chi connectivity index (χ2v) is 5.49. The lowest BCUT2D eigenvalue weighted by molar-refractivity contribution is -0.402. The summed E-state index contributed by atoms with van der Waals surface area (Å²) in [5.41, 5.74) is 0.580. The lowest BCUT2D eigenvalue weighted by Gasteiger charge is -2.04. The molecule has 6 nitrogen and oxygen atoms in total. The monoisotopic (exact) mass is 436 g/mol. The van der Waals surface area contributed by atoms with Crippen molar-refractivity contribution in [3.8, 4) is 0 Å². The number of carbonyl (C=O) groups excluding carboxylic acids is 1. The molecule has 0 aliphatic heterocycles. The fourth-order valence-corrected chi connectivity index (χ4v) is 2.08. The predicted octanol–water partition coefficient (Wildman–Crippen LogP) is 3.81. The third kappa shape index (κ3) is 3.32. The van der Waals surface area contributed by atoms with E-state index in [9.17, 15) is 14.9 Å². The highest BCUT2D eigenvalue weighted by Gasteiger charge is 2.17. The number of anilines is 1. The topological polar surface area (TPSA) is 85.4 Å². The molecule has 0 spiro atoms. The molecule has 8 heteroatoms. The average Bonchev–Trinajstić information content (AvgIpc) is 2.83. The Morgan fingerprint density at radius 3 is 2.68 bits per heavy atom. The smallest absolute Gasteiger partial charge is 0.395 e. The van der Waals surface area contributed by atoms with Gasteiger partial charge >= 0.3 is 5.88 Å². The van der Waals surface area contributed by atoms with E-state index in [1.54, 1.807) is 18.2 Å². The molecular weight excluding hydrogens is 431 g/mol. The Bertz CT molecular complexity index is 656. The quantitative estimate of drug-likeness (QED) is 0.450. The molecule has 0 unspecified atom stereocenters. The maximum Gasteiger partial charge on any atom is 0.433 e. The number of benzene rings is 1. The van der Waals surface area contributed by atoms with Crippen LogP contribution < -0.4 is 5.32 Å². The molecular formula is C11H6BrIN2O4. The van der Waals surface area contributed by atoms with Gasteiger partial charge in [-0.25, -0.2) is 0 Å². The van der Waals surface area contributed by atoms with Crippen LogP contribution in [0.1, 0.15) is 10.6 Å². The normalized spacial score (nSPS) is 10.2. The molecule has 1 amide bonds. The molecule has 98 valence electrons. The number of halogens is 2. The number of nitrogens with zero attached hydrogens (tertiary/aromatic N) is 1. The first kappa shape index (κ1) is 14.0. The summed E-state index contributed by atoms with van der Waals surface area (Å²) in [6, 6.07) is 7.67. The summed E-state index contributed by atoms with van der Waals surface area (Å²) >= 11 is 5.46. The Labute approximate surface area is 129 Å². The largest absolute Gasteiger partial charge is 0.433 e. The van der Waals surface area contributed by atoms with Crippen LogP contribution in [0.5, 0.6) is 0 Å². The Kier molecular flexibility index (Phi) is 4.20. The van der Waals surface area contributed by atoms with Crippen molar-refractivity contribution < 1.29 is 14.1 Å². The van der Waals surface area contributed by atoms with Gasteiger partial charge in [-0.3, -0.25) is 14.9 Å². The first-order valence-corrected chi connectivity index (χ1v) is 6.85. The van der Waals surface area contributed by atoms with E-state index in [-0.39, 0.29) is 5.76 Å². The zero-order valence-electron chi connectivity index (χ0n) is 9.22. The molecule has 2 rings (SSSR count). The summed E-state index contributed by atoms with van der Waals surface area (Å²) in [6.07, 6.45) is 0. The van der Waals surface area contributed by atoms with Crippen LogP contribution in [0, 0.1) is 13.7 Å². The molecule has 0 atom stereocenters. The van der Waals surface area contributed by atoms with Gasteiger partial charge in [-0.1, -0.05) is 0 Å². The third-order valence-corrected chi connectivity index (χ3v) is 4.50. The third-order valence-electron chi connectivity index (χ3n) is 2.17. The SMILES string of the molecule is O=C(Nc1ccc(Br)c(I)c1)c1ccc([N+](=O)[O-])o1. The van der Waals surface area contributed by atoms with Crippen LogP contribution >= 0.6 is 38.5 Å². The van der Waals surface area contributed by atoms with Gasteiger partial charge in [0.05, 0.1) is 6.07 Å². The van der Waals surface area contributed by atoms with Crippen molar-refractivity contribution in [1.29, 1.82) is 0 Å². The highest BCUT2D eigenvalue weighted by atomic mass is 127. The fraction of sp³-hybridized carbons (Fsp3) is 0. The van der Waals surface area contributed by atoms with Gasteiger partial charge in [0.15, 0.2) is 5.76 Å². The van der Waals surface area contributed by atoms with Crippen molar-refractivity contribution in [2.45, 2.75) is 0 Å². The van der Waals surface area contributed by atoms with Gasteiger partial charge in [-0.05, 0) is 62.8 Å². The number of rotatable bonds is 3. The van der Waals surface area contributed by atoms with Gasteiger partial charge in [0.1, 0.15) is 4.92 Å². The van der Waals surface area contributed by atoms with Gasteiger partial charge in [0.25, 0.3) is 5.91 Å². The molecule has 19 heavy (non-hydrogen) atoms. The molecule has 0 saturated carbocycles. The molecule has 0 bridgehead atoms. The summed E-state index contributed by atoms with van der Waals surface area (Å²) in [5.74, 6) is -1.11. The van der Waals surface area contributed by atoms with Crippen molar-refractivity contribution in [1.82, 2.24) is 0 Å². The molecule has 0 saturated heterocycles. The van der Waals surface area contributed by atoms with E-state index in [1.807, 2.05) is 0 Å². The van der Waals surface area contributed by atoms with Gasteiger partial charge in [0, 0.05) is 13.7 Å². The molecule has 1 aromatic carbocycles. The van der Waals surface area contributed by atoms with Crippen LogP contribution in [0.15, 0.2) is 39.2 Å². The van der Waals surface area contributed by atoms with Gasteiger partial charge < -0.3 is 9.73 Å². The first-order valence-electron chi connectivity index (χ1n) is 4.98. The number of carbonyl (C=O) groups is 1. The van der Waals surface area contributed by atoms with Crippen molar-refractivity contribution in [2.24, 2.45) is 0 Å². The summed E-state index contributed by atoms with van der Waals surface area (Å²) in [5, 5.41) is 13.0. The molecule has 1 aromatic heterocycles. The lowest BCUT2D eigenvalue weighted by atomic mass is 10.3. The van der Waals surface area contributed by atoms with E-state index in [0.29, 0.717) is 5.69 Å². The second-order valence-electron chi connectivity index (χ2n) is 3.48. The summed E-state index contributed by atoms with van der Waals surface area (Å²) in [7, 11) is 0. The lowest BCUT2D eigenvalue weighted by Crippen LogP contribution is -2.10. The van der Waals surface area contributed by atoms with Crippen LogP contribution in [0.3, 0.4) is 0 Å².